The van der Waals surface area contributed by atoms with E-state index in [0.717, 1.165) is 23.7 Å². The number of benzene rings is 1. The van der Waals surface area contributed by atoms with E-state index in [9.17, 15) is 0 Å². The maximum absolute atomic E-state index is 5.68. The summed E-state index contributed by atoms with van der Waals surface area (Å²) in [6, 6.07) is 8.14. The lowest BCUT2D eigenvalue weighted by Crippen LogP contribution is -2.14. The fourth-order valence-electron chi connectivity index (χ4n) is 1.85. The average Bonchev–Trinajstić information content (AvgIpc) is 2.41. The van der Waals surface area contributed by atoms with E-state index in [4.69, 9.17) is 4.74 Å². The number of hydrogen-bond donors (Lipinski definition) is 1. The van der Waals surface area contributed by atoms with Gasteiger partial charge in [-0.2, -0.15) is 0 Å². The Balaban J connectivity index is 1.86. The molecular weight excluding hydrogens is 250 g/mol. The summed E-state index contributed by atoms with van der Waals surface area (Å²) in [5.74, 6) is 0.912. The maximum Gasteiger partial charge on any atom is 0.120 e. The van der Waals surface area contributed by atoms with Crippen molar-refractivity contribution in [2.24, 2.45) is 0 Å². The lowest BCUT2D eigenvalue weighted by molar-refractivity contribution is 0.242. The second kappa shape index (κ2) is 7.01. The van der Waals surface area contributed by atoms with Gasteiger partial charge in [0, 0.05) is 25.5 Å². The van der Waals surface area contributed by atoms with Crippen LogP contribution in [0.1, 0.15) is 30.8 Å². The molecule has 4 heteroatoms. The molecule has 0 fully saturated rings. The van der Waals surface area contributed by atoms with Gasteiger partial charge in [0.05, 0.1) is 17.5 Å². The van der Waals surface area contributed by atoms with Crippen LogP contribution in [0.3, 0.4) is 0 Å². The molecule has 1 aromatic carbocycles. The molecule has 0 aliphatic carbocycles. The van der Waals surface area contributed by atoms with Gasteiger partial charge in [-0.25, -0.2) is 0 Å². The van der Waals surface area contributed by atoms with E-state index in [1.807, 2.05) is 32.9 Å². The molecule has 0 saturated heterocycles. The normalized spacial score (nSPS) is 10.8. The standard InChI is InChI=1S/C16H21N3O/c1-12(2)20-16-6-4-5-14(7-16)9-17-10-15-11-18-13(3)8-19-15/h4-8,11-12,17H,9-10H2,1-3H3. The minimum atomic E-state index is 0.195. The molecule has 106 valence electrons. The average molecular weight is 271 g/mol. The summed E-state index contributed by atoms with van der Waals surface area (Å²) in [6.07, 6.45) is 3.79. The number of aryl methyl sites for hydroxylation is 1. The third-order valence-corrected chi connectivity index (χ3v) is 2.74. The smallest absolute Gasteiger partial charge is 0.120 e. The minimum absolute atomic E-state index is 0.195. The topological polar surface area (TPSA) is 47.0 Å². The van der Waals surface area contributed by atoms with Gasteiger partial charge in [-0.3, -0.25) is 9.97 Å². The van der Waals surface area contributed by atoms with Crippen LogP contribution in [0.15, 0.2) is 36.7 Å². The van der Waals surface area contributed by atoms with Gasteiger partial charge in [0.25, 0.3) is 0 Å². The van der Waals surface area contributed by atoms with Crippen molar-refractivity contribution in [3.05, 3.63) is 53.6 Å². The molecule has 0 unspecified atom stereocenters. The summed E-state index contributed by atoms with van der Waals surface area (Å²) >= 11 is 0. The predicted octanol–water partition coefficient (Wildman–Crippen LogP) is 2.86. The largest absolute Gasteiger partial charge is 0.491 e. The summed E-state index contributed by atoms with van der Waals surface area (Å²) in [4.78, 5) is 8.55. The Morgan fingerprint density at radius 1 is 1.15 bits per heavy atom. The third-order valence-electron chi connectivity index (χ3n) is 2.74. The highest BCUT2D eigenvalue weighted by Gasteiger charge is 2.00. The van der Waals surface area contributed by atoms with Crippen LogP contribution in [0.4, 0.5) is 0 Å². The van der Waals surface area contributed by atoms with Crippen LogP contribution in [0.2, 0.25) is 0 Å². The Bertz CT molecular complexity index is 538. The van der Waals surface area contributed by atoms with Crippen molar-refractivity contribution in [1.29, 1.82) is 0 Å². The Labute approximate surface area is 120 Å². The van der Waals surface area contributed by atoms with E-state index in [1.165, 1.54) is 5.56 Å². The van der Waals surface area contributed by atoms with Crippen molar-refractivity contribution in [1.82, 2.24) is 15.3 Å². The maximum atomic E-state index is 5.68. The van der Waals surface area contributed by atoms with E-state index >= 15 is 0 Å². The van der Waals surface area contributed by atoms with Gasteiger partial charge >= 0.3 is 0 Å². The summed E-state index contributed by atoms with van der Waals surface area (Å²) in [5, 5.41) is 3.36. The molecule has 0 saturated carbocycles. The Morgan fingerprint density at radius 2 is 2.00 bits per heavy atom. The molecular formula is C16H21N3O. The Kier molecular flexibility index (Phi) is 5.07. The second-order valence-electron chi connectivity index (χ2n) is 5.07. The molecule has 0 atom stereocenters. The van der Waals surface area contributed by atoms with Gasteiger partial charge < -0.3 is 10.1 Å². The van der Waals surface area contributed by atoms with Gasteiger partial charge in [0.1, 0.15) is 5.75 Å². The van der Waals surface area contributed by atoms with Crippen molar-refractivity contribution in [3.8, 4) is 5.75 Å². The first-order valence-electron chi connectivity index (χ1n) is 6.87. The Morgan fingerprint density at radius 3 is 2.70 bits per heavy atom. The summed E-state index contributed by atoms with van der Waals surface area (Å²) < 4.78 is 5.68. The van der Waals surface area contributed by atoms with E-state index in [2.05, 4.69) is 27.4 Å². The van der Waals surface area contributed by atoms with E-state index in [1.54, 1.807) is 12.4 Å². The van der Waals surface area contributed by atoms with Crippen molar-refractivity contribution in [2.45, 2.75) is 40.0 Å². The van der Waals surface area contributed by atoms with Crippen LogP contribution >= 0.6 is 0 Å². The monoisotopic (exact) mass is 271 g/mol. The minimum Gasteiger partial charge on any atom is -0.491 e. The highest BCUT2D eigenvalue weighted by molar-refractivity contribution is 5.28. The number of hydrogen-bond acceptors (Lipinski definition) is 4. The highest BCUT2D eigenvalue weighted by Crippen LogP contribution is 2.14. The third kappa shape index (κ3) is 4.63. The van der Waals surface area contributed by atoms with Crippen LogP contribution in [-0.2, 0) is 13.1 Å². The van der Waals surface area contributed by atoms with E-state index in [-0.39, 0.29) is 6.10 Å². The lowest BCUT2D eigenvalue weighted by atomic mass is 10.2. The number of ether oxygens (including phenoxy) is 1. The number of nitrogens with zero attached hydrogens (tertiary/aromatic N) is 2. The number of aromatic nitrogens is 2. The molecule has 0 amide bonds. The van der Waals surface area contributed by atoms with Gasteiger partial charge in [0.2, 0.25) is 0 Å². The van der Waals surface area contributed by atoms with Gasteiger partial charge in [-0.1, -0.05) is 12.1 Å². The quantitative estimate of drug-likeness (QED) is 0.877. The Hall–Kier alpha value is -1.94. The molecule has 1 N–H and O–H groups in total. The summed E-state index contributed by atoms with van der Waals surface area (Å²) in [7, 11) is 0. The SMILES string of the molecule is Cc1cnc(CNCc2cccc(OC(C)C)c2)cn1. The number of nitrogens with one attached hydrogen (secondary N) is 1. The first-order chi connectivity index (χ1) is 9.63. The van der Waals surface area contributed by atoms with Crippen LogP contribution in [-0.4, -0.2) is 16.1 Å². The zero-order valence-electron chi connectivity index (χ0n) is 12.3. The van der Waals surface area contributed by atoms with Crippen LogP contribution in [0.5, 0.6) is 5.75 Å². The summed E-state index contributed by atoms with van der Waals surface area (Å²) in [6.45, 7) is 7.49. The zero-order valence-corrected chi connectivity index (χ0v) is 12.3. The van der Waals surface area contributed by atoms with Crippen LogP contribution in [0.25, 0.3) is 0 Å². The van der Waals surface area contributed by atoms with Gasteiger partial charge in [-0.15, -0.1) is 0 Å². The predicted molar refractivity (Wildman–Crippen MR) is 79.5 cm³/mol. The highest BCUT2D eigenvalue weighted by atomic mass is 16.5. The molecule has 2 rings (SSSR count). The lowest BCUT2D eigenvalue weighted by Gasteiger charge is -2.11. The molecule has 1 aromatic heterocycles. The first-order valence-corrected chi connectivity index (χ1v) is 6.87. The molecule has 0 aliphatic heterocycles. The van der Waals surface area contributed by atoms with Gasteiger partial charge in [-0.05, 0) is 38.5 Å². The fraction of sp³-hybridized carbons (Fsp3) is 0.375. The fourth-order valence-corrected chi connectivity index (χ4v) is 1.85. The van der Waals surface area contributed by atoms with E-state index in [0.29, 0.717) is 6.54 Å². The molecule has 2 aromatic rings. The molecule has 0 aliphatic rings. The molecule has 20 heavy (non-hydrogen) atoms. The van der Waals surface area contributed by atoms with Crippen molar-refractivity contribution < 1.29 is 4.74 Å². The number of rotatable bonds is 6. The molecule has 0 bridgehead atoms. The van der Waals surface area contributed by atoms with E-state index < -0.39 is 0 Å². The molecule has 0 spiro atoms. The molecule has 1 heterocycles. The second-order valence-corrected chi connectivity index (χ2v) is 5.07. The van der Waals surface area contributed by atoms with Crippen molar-refractivity contribution in [3.63, 3.8) is 0 Å². The van der Waals surface area contributed by atoms with Crippen molar-refractivity contribution in [2.75, 3.05) is 0 Å². The van der Waals surface area contributed by atoms with Crippen LogP contribution in [0, 0.1) is 6.92 Å². The molecule has 4 nitrogen and oxygen atoms in total. The first kappa shape index (κ1) is 14.5. The van der Waals surface area contributed by atoms with Gasteiger partial charge in [0.15, 0.2) is 0 Å². The van der Waals surface area contributed by atoms with Crippen LogP contribution < -0.4 is 10.1 Å². The van der Waals surface area contributed by atoms with Crippen molar-refractivity contribution >= 4 is 0 Å². The zero-order chi connectivity index (χ0) is 14.4. The molecule has 0 radical (unpaired) electrons. The summed E-state index contributed by atoms with van der Waals surface area (Å²) in [5.41, 5.74) is 3.08.